The monoisotopic (exact) mass is 403 g/mol. The number of carboxylic acids is 1. The minimum atomic E-state index is -1.27. The summed E-state index contributed by atoms with van der Waals surface area (Å²) in [6.45, 7) is 0. The molecule has 1 aromatic rings. The SMILES string of the molecule is CON=C(C(=O)O)c1nc(NC(=O)CCl)sc1I. The first-order valence-corrected chi connectivity index (χ1v) is 6.79. The van der Waals surface area contributed by atoms with E-state index in [1.54, 1.807) is 0 Å². The van der Waals surface area contributed by atoms with Gasteiger partial charge in [-0.2, -0.15) is 0 Å². The highest BCUT2D eigenvalue weighted by Crippen LogP contribution is 2.25. The first-order chi connectivity index (χ1) is 8.49. The third-order valence-electron chi connectivity index (χ3n) is 1.56. The van der Waals surface area contributed by atoms with E-state index in [4.69, 9.17) is 16.7 Å². The maximum atomic E-state index is 11.1. The molecule has 0 aliphatic carbocycles. The number of rotatable bonds is 5. The number of oxime groups is 1. The Hall–Kier alpha value is -0.940. The van der Waals surface area contributed by atoms with Crippen LogP contribution in [0.2, 0.25) is 0 Å². The topological polar surface area (TPSA) is 101 Å². The molecule has 1 rings (SSSR count). The second-order valence-corrected chi connectivity index (χ2v) is 5.83. The third kappa shape index (κ3) is 3.78. The fraction of sp³-hybridized carbons (Fsp3) is 0.250. The van der Waals surface area contributed by atoms with Crippen LogP contribution in [0.25, 0.3) is 0 Å². The molecule has 0 radical (unpaired) electrons. The van der Waals surface area contributed by atoms with Gasteiger partial charge in [-0.05, 0) is 22.6 Å². The molecule has 0 atom stereocenters. The Bertz CT molecular complexity index is 505. The van der Waals surface area contributed by atoms with Crippen LogP contribution in [-0.4, -0.2) is 40.7 Å². The van der Waals surface area contributed by atoms with Crippen LogP contribution in [0.1, 0.15) is 5.69 Å². The molecule has 0 bridgehead atoms. The Balaban J connectivity index is 3.07. The van der Waals surface area contributed by atoms with Crippen molar-refractivity contribution in [3.63, 3.8) is 0 Å². The van der Waals surface area contributed by atoms with Crippen molar-refractivity contribution in [2.45, 2.75) is 0 Å². The number of hydrogen-bond acceptors (Lipinski definition) is 6. The number of nitrogens with zero attached hydrogens (tertiary/aromatic N) is 2. The van der Waals surface area contributed by atoms with E-state index in [1.807, 2.05) is 22.6 Å². The van der Waals surface area contributed by atoms with E-state index in [-0.39, 0.29) is 22.4 Å². The van der Waals surface area contributed by atoms with Crippen LogP contribution in [0.5, 0.6) is 0 Å². The second kappa shape index (κ2) is 6.85. The molecule has 0 aliphatic heterocycles. The lowest BCUT2D eigenvalue weighted by Crippen LogP contribution is -2.17. The molecule has 0 spiro atoms. The normalized spacial score (nSPS) is 11.2. The van der Waals surface area contributed by atoms with E-state index in [2.05, 4.69) is 20.3 Å². The van der Waals surface area contributed by atoms with Crippen LogP contribution in [-0.2, 0) is 14.4 Å². The average Bonchev–Trinajstić information content (AvgIpc) is 2.66. The number of carbonyl (C=O) groups is 2. The van der Waals surface area contributed by atoms with Gasteiger partial charge in [0.05, 0.1) is 2.88 Å². The predicted octanol–water partition coefficient (Wildman–Crippen LogP) is 1.36. The van der Waals surface area contributed by atoms with Gasteiger partial charge in [0.1, 0.15) is 18.7 Å². The summed E-state index contributed by atoms with van der Waals surface area (Å²) in [5.41, 5.74) is -0.190. The molecule has 7 nitrogen and oxygen atoms in total. The van der Waals surface area contributed by atoms with E-state index < -0.39 is 11.9 Å². The number of hydrogen-bond donors (Lipinski definition) is 2. The van der Waals surface area contributed by atoms with Crippen LogP contribution in [0.3, 0.4) is 0 Å². The zero-order chi connectivity index (χ0) is 13.7. The number of amides is 1. The van der Waals surface area contributed by atoms with Crippen molar-refractivity contribution in [2.24, 2.45) is 5.16 Å². The average molecular weight is 404 g/mol. The molecule has 1 aromatic heterocycles. The molecule has 1 amide bonds. The maximum absolute atomic E-state index is 11.1. The summed E-state index contributed by atoms with van der Waals surface area (Å²) in [6.07, 6.45) is 0. The largest absolute Gasteiger partial charge is 0.476 e. The van der Waals surface area contributed by atoms with Crippen molar-refractivity contribution in [2.75, 3.05) is 18.3 Å². The van der Waals surface area contributed by atoms with E-state index in [1.165, 1.54) is 7.11 Å². The molecule has 0 aromatic carbocycles. The first kappa shape index (κ1) is 15.1. The van der Waals surface area contributed by atoms with Crippen molar-refractivity contribution in [1.29, 1.82) is 0 Å². The van der Waals surface area contributed by atoms with Crippen molar-refractivity contribution >= 4 is 68.2 Å². The lowest BCUT2D eigenvalue weighted by atomic mass is 10.3. The molecule has 0 aliphatic rings. The zero-order valence-electron chi connectivity index (χ0n) is 8.94. The minimum Gasteiger partial charge on any atom is -0.476 e. The lowest BCUT2D eigenvalue weighted by molar-refractivity contribution is -0.129. The third-order valence-corrected chi connectivity index (χ3v) is 3.74. The van der Waals surface area contributed by atoms with E-state index in [0.29, 0.717) is 2.88 Å². The number of halogens is 2. The summed E-state index contributed by atoms with van der Waals surface area (Å²) in [7, 11) is 1.23. The highest BCUT2D eigenvalue weighted by Gasteiger charge is 2.22. The van der Waals surface area contributed by atoms with Crippen molar-refractivity contribution in [3.8, 4) is 0 Å². The van der Waals surface area contributed by atoms with Crippen molar-refractivity contribution in [1.82, 2.24) is 4.98 Å². The zero-order valence-corrected chi connectivity index (χ0v) is 12.7. The second-order valence-electron chi connectivity index (χ2n) is 2.75. The van der Waals surface area contributed by atoms with Gasteiger partial charge in [0.25, 0.3) is 0 Å². The molecule has 18 heavy (non-hydrogen) atoms. The number of thiazole rings is 1. The van der Waals surface area contributed by atoms with E-state index >= 15 is 0 Å². The molecule has 0 unspecified atom stereocenters. The summed E-state index contributed by atoms with van der Waals surface area (Å²) in [6, 6.07) is 0. The van der Waals surface area contributed by atoms with Gasteiger partial charge >= 0.3 is 5.97 Å². The number of carbonyl (C=O) groups excluding carboxylic acids is 1. The Morgan fingerprint density at radius 2 is 2.33 bits per heavy atom. The first-order valence-electron chi connectivity index (χ1n) is 4.36. The number of aliphatic carboxylic acids is 1. The highest BCUT2D eigenvalue weighted by atomic mass is 127. The fourth-order valence-electron chi connectivity index (χ4n) is 0.929. The Labute approximate surface area is 124 Å². The molecule has 2 N–H and O–H groups in total. The smallest absolute Gasteiger partial charge is 0.360 e. The lowest BCUT2D eigenvalue weighted by Gasteiger charge is -1.97. The van der Waals surface area contributed by atoms with Gasteiger partial charge in [-0.25, -0.2) is 9.78 Å². The van der Waals surface area contributed by atoms with Crippen LogP contribution in [0.15, 0.2) is 5.16 Å². The molecular formula is C8H7ClIN3O4S. The number of nitrogens with one attached hydrogen (secondary N) is 1. The van der Waals surface area contributed by atoms with Gasteiger partial charge in [-0.1, -0.05) is 16.5 Å². The summed E-state index contributed by atoms with van der Waals surface area (Å²) in [5.74, 6) is -1.90. The van der Waals surface area contributed by atoms with Gasteiger partial charge in [0, 0.05) is 0 Å². The van der Waals surface area contributed by atoms with Crippen LogP contribution in [0.4, 0.5) is 5.13 Å². The van der Waals surface area contributed by atoms with E-state index in [0.717, 1.165) is 11.3 Å². The quantitative estimate of drug-likeness (QED) is 0.335. The van der Waals surface area contributed by atoms with E-state index in [9.17, 15) is 9.59 Å². The number of carboxylic acid groups (broad SMARTS) is 1. The molecule has 1 heterocycles. The Morgan fingerprint density at radius 1 is 1.67 bits per heavy atom. The minimum absolute atomic E-state index is 0.139. The summed E-state index contributed by atoms with van der Waals surface area (Å²) >= 11 is 8.35. The molecule has 10 heteroatoms. The molecule has 0 saturated carbocycles. The Kier molecular flexibility index (Phi) is 5.75. The highest BCUT2D eigenvalue weighted by molar-refractivity contribution is 14.1. The van der Waals surface area contributed by atoms with Gasteiger partial charge in [-0.3, -0.25) is 4.79 Å². The van der Waals surface area contributed by atoms with Gasteiger partial charge in [0.2, 0.25) is 11.6 Å². The van der Waals surface area contributed by atoms with Crippen molar-refractivity contribution in [3.05, 3.63) is 8.58 Å². The van der Waals surface area contributed by atoms with Crippen LogP contribution < -0.4 is 5.32 Å². The van der Waals surface area contributed by atoms with Crippen LogP contribution in [0, 0.1) is 2.88 Å². The summed E-state index contributed by atoms with van der Waals surface area (Å²) in [4.78, 5) is 30.5. The maximum Gasteiger partial charge on any atom is 0.360 e. The van der Waals surface area contributed by atoms with Gasteiger partial charge in [0.15, 0.2) is 5.13 Å². The molecular weight excluding hydrogens is 397 g/mol. The Morgan fingerprint density at radius 3 is 2.83 bits per heavy atom. The number of alkyl halides is 1. The number of anilines is 1. The summed E-state index contributed by atoms with van der Waals surface area (Å²) < 4.78 is 0.565. The van der Waals surface area contributed by atoms with Crippen LogP contribution >= 0.6 is 45.5 Å². The molecule has 0 fully saturated rings. The van der Waals surface area contributed by atoms with Gasteiger partial charge in [-0.15, -0.1) is 11.6 Å². The predicted molar refractivity (Wildman–Crippen MR) is 75.4 cm³/mol. The van der Waals surface area contributed by atoms with Crippen molar-refractivity contribution < 1.29 is 19.5 Å². The van der Waals surface area contributed by atoms with Gasteiger partial charge < -0.3 is 15.3 Å². The fourth-order valence-corrected chi connectivity index (χ4v) is 2.71. The molecule has 0 saturated heterocycles. The number of aromatic nitrogens is 1. The molecule has 98 valence electrons. The summed E-state index contributed by atoms with van der Waals surface area (Å²) in [5, 5.41) is 15.0. The standard InChI is InChI=1S/C8H7ClIN3O4S/c1-17-13-5(7(15)16)4-6(10)18-8(12-4)11-3(14)2-9/h2H2,1H3,(H,15,16)(H,11,12,14).